The lowest BCUT2D eigenvalue weighted by Gasteiger charge is -2.31. The van der Waals surface area contributed by atoms with Gasteiger partial charge in [-0.3, -0.25) is 0 Å². The van der Waals surface area contributed by atoms with Crippen LogP contribution in [0.4, 0.5) is 0 Å². The maximum absolute atomic E-state index is 6.11. The van der Waals surface area contributed by atoms with E-state index in [0.717, 1.165) is 19.5 Å². The molecule has 0 aromatic heterocycles. The molecule has 8 heteroatoms. The summed E-state index contributed by atoms with van der Waals surface area (Å²) in [6.45, 7) is 9.37. The fourth-order valence-corrected chi connectivity index (χ4v) is 2.51. The van der Waals surface area contributed by atoms with E-state index in [1.807, 2.05) is 27.7 Å². The molecule has 8 nitrogen and oxygen atoms in total. The van der Waals surface area contributed by atoms with Crippen LogP contribution in [0, 0.1) is 0 Å². The zero-order valence-corrected chi connectivity index (χ0v) is 15.2. The maximum atomic E-state index is 6.11. The largest absolute Gasteiger partial charge is 0.326 e. The average molecular weight is 333 g/mol. The van der Waals surface area contributed by atoms with Gasteiger partial charge >= 0.3 is 0 Å². The highest BCUT2D eigenvalue weighted by atomic mass is 15.0. The Kier molecular flexibility index (Phi) is 11.1. The number of nitrogens with two attached hydrogens (primary N) is 6. The van der Waals surface area contributed by atoms with E-state index >= 15 is 0 Å². The van der Waals surface area contributed by atoms with Crippen LogP contribution in [0.5, 0.6) is 0 Å². The third-order valence-electron chi connectivity index (χ3n) is 4.42. The molecular weight excluding hydrogens is 292 g/mol. The number of nitrogens with one attached hydrogen (secondary N) is 2. The Hall–Kier alpha value is -0.320. The average Bonchev–Trinajstić information content (AvgIpc) is 2.47. The van der Waals surface area contributed by atoms with Gasteiger partial charge in [-0.15, -0.1) is 0 Å². The fourth-order valence-electron chi connectivity index (χ4n) is 2.51. The Labute approximate surface area is 141 Å². The molecule has 0 saturated heterocycles. The summed E-state index contributed by atoms with van der Waals surface area (Å²) in [7, 11) is 0. The first-order chi connectivity index (χ1) is 10.6. The minimum Gasteiger partial charge on any atom is -0.326 e. The molecule has 0 aromatic carbocycles. The van der Waals surface area contributed by atoms with Crippen molar-refractivity contribution in [2.75, 3.05) is 13.1 Å². The van der Waals surface area contributed by atoms with E-state index in [9.17, 15) is 0 Å². The van der Waals surface area contributed by atoms with Crippen molar-refractivity contribution in [1.29, 1.82) is 0 Å². The second-order valence-electron chi connectivity index (χ2n) is 6.89. The van der Waals surface area contributed by atoms with Gasteiger partial charge in [-0.2, -0.15) is 0 Å². The summed E-state index contributed by atoms with van der Waals surface area (Å²) >= 11 is 0. The normalized spacial score (nSPS) is 22.7. The van der Waals surface area contributed by atoms with Crippen LogP contribution in [0.2, 0.25) is 0 Å². The summed E-state index contributed by atoms with van der Waals surface area (Å²) < 4.78 is 0. The van der Waals surface area contributed by atoms with Crippen LogP contribution in [0.25, 0.3) is 0 Å². The number of hydrogen-bond acceptors (Lipinski definition) is 8. The van der Waals surface area contributed by atoms with E-state index in [0.29, 0.717) is 0 Å². The van der Waals surface area contributed by atoms with Crippen molar-refractivity contribution in [2.24, 2.45) is 34.4 Å². The van der Waals surface area contributed by atoms with Gasteiger partial charge in [0.2, 0.25) is 0 Å². The number of hydrogen-bond donors (Lipinski definition) is 8. The molecule has 0 aromatic rings. The Balaban J connectivity index is 4.07. The minimum absolute atomic E-state index is 0.00110. The van der Waals surface area contributed by atoms with Crippen molar-refractivity contribution in [3.63, 3.8) is 0 Å². The van der Waals surface area contributed by atoms with Crippen LogP contribution in [0.3, 0.4) is 0 Å². The molecule has 0 saturated carbocycles. The van der Waals surface area contributed by atoms with Gasteiger partial charge in [-0.05, 0) is 47.2 Å². The van der Waals surface area contributed by atoms with Crippen LogP contribution in [0.1, 0.15) is 34.1 Å². The molecule has 0 aliphatic rings. The third-order valence-corrected chi connectivity index (χ3v) is 4.42. The highest BCUT2D eigenvalue weighted by molar-refractivity contribution is 4.91. The van der Waals surface area contributed by atoms with Crippen LogP contribution in [-0.2, 0) is 0 Å². The van der Waals surface area contributed by atoms with Crippen molar-refractivity contribution < 1.29 is 0 Å². The van der Waals surface area contributed by atoms with Crippen LogP contribution < -0.4 is 45.0 Å². The number of rotatable bonds is 12. The molecule has 0 aliphatic carbocycles. The van der Waals surface area contributed by atoms with E-state index < -0.39 is 0 Å². The molecule has 0 bridgehead atoms. The van der Waals surface area contributed by atoms with Gasteiger partial charge in [0.25, 0.3) is 0 Å². The van der Waals surface area contributed by atoms with Crippen LogP contribution in [-0.4, -0.2) is 61.4 Å². The van der Waals surface area contributed by atoms with Crippen molar-refractivity contribution in [3.05, 3.63) is 0 Å². The Morgan fingerprint density at radius 2 is 1.09 bits per heavy atom. The molecular formula is C15H40N8. The smallest absolute Gasteiger partial charge is 0.0383 e. The zero-order valence-electron chi connectivity index (χ0n) is 15.2. The first-order valence-corrected chi connectivity index (χ1v) is 8.59. The van der Waals surface area contributed by atoms with E-state index in [4.69, 9.17) is 34.4 Å². The molecule has 8 unspecified atom stereocenters. The Morgan fingerprint density at radius 3 is 1.52 bits per heavy atom. The second kappa shape index (κ2) is 11.3. The van der Waals surface area contributed by atoms with Crippen molar-refractivity contribution in [1.82, 2.24) is 10.6 Å². The summed E-state index contributed by atoms with van der Waals surface area (Å²) in [6, 6.07) is -0.738. The van der Waals surface area contributed by atoms with Crippen molar-refractivity contribution in [2.45, 2.75) is 82.5 Å². The molecule has 0 spiro atoms. The lowest BCUT2D eigenvalue weighted by Crippen LogP contribution is -2.60. The SMILES string of the molecule is CC(N)C(N)C(N)C(C)NCCCNC(C(C)N)C(N)C(C)N. The van der Waals surface area contributed by atoms with Gasteiger partial charge in [0.15, 0.2) is 0 Å². The first kappa shape index (κ1) is 22.7. The highest BCUT2D eigenvalue weighted by Gasteiger charge is 2.24. The molecule has 0 heterocycles. The predicted octanol–water partition coefficient (Wildman–Crippen LogP) is -2.66. The van der Waals surface area contributed by atoms with E-state index in [2.05, 4.69) is 10.6 Å². The molecule has 14 N–H and O–H groups in total. The van der Waals surface area contributed by atoms with Gasteiger partial charge < -0.3 is 45.0 Å². The van der Waals surface area contributed by atoms with E-state index in [-0.39, 0.29) is 48.3 Å². The molecule has 0 rings (SSSR count). The molecule has 0 radical (unpaired) electrons. The van der Waals surface area contributed by atoms with Crippen molar-refractivity contribution in [3.8, 4) is 0 Å². The lowest BCUT2D eigenvalue weighted by atomic mass is 9.97. The standard InChI is InChI=1S/C15H40N8/c1-8(16)12(19)14(21)11(4)22-6-5-7-23-15(10(3)18)13(20)9(2)17/h8-15,22-23H,5-7,16-21H2,1-4H3. The van der Waals surface area contributed by atoms with Gasteiger partial charge in [-0.25, -0.2) is 0 Å². The molecule has 0 amide bonds. The molecule has 8 atom stereocenters. The third kappa shape index (κ3) is 8.37. The lowest BCUT2D eigenvalue weighted by molar-refractivity contribution is 0.341. The zero-order chi connectivity index (χ0) is 18.2. The van der Waals surface area contributed by atoms with Gasteiger partial charge in [0, 0.05) is 48.3 Å². The summed E-state index contributed by atoms with van der Waals surface area (Å²) in [5, 5.41) is 6.78. The quantitative estimate of drug-likeness (QED) is 0.178. The second-order valence-corrected chi connectivity index (χ2v) is 6.89. The van der Waals surface area contributed by atoms with E-state index in [1.165, 1.54) is 0 Å². The molecule has 0 aliphatic heterocycles. The first-order valence-electron chi connectivity index (χ1n) is 8.59. The summed E-state index contributed by atoms with van der Waals surface area (Å²) in [6.07, 6.45) is 0.930. The maximum Gasteiger partial charge on any atom is 0.0383 e. The van der Waals surface area contributed by atoms with Crippen LogP contribution >= 0.6 is 0 Å². The fraction of sp³-hybridized carbons (Fsp3) is 1.00. The Morgan fingerprint density at radius 1 is 0.609 bits per heavy atom. The topological polar surface area (TPSA) is 180 Å². The van der Waals surface area contributed by atoms with E-state index in [1.54, 1.807) is 0 Å². The molecule has 23 heavy (non-hydrogen) atoms. The van der Waals surface area contributed by atoms with Gasteiger partial charge in [0.1, 0.15) is 0 Å². The summed E-state index contributed by atoms with van der Waals surface area (Å²) in [4.78, 5) is 0. The van der Waals surface area contributed by atoms with Gasteiger partial charge in [0.05, 0.1) is 0 Å². The Bertz CT molecular complexity index is 297. The summed E-state index contributed by atoms with van der Waals surface area (Å²) in [5.41, 5.74) is 35.8. The molecule has 140 valence electrons. The minimum atomic E-state index is -0.220. The molecule has 0 fully saturated rings. The highest BCUT2D eigenvalue weighted by Crippen LogP contribution is 2.00. The predicted molar refractivity (Wildman–Crippen MR) is 98.7 cm³/mol. The van der Waals surface area contributed by atoms with Crippen LogP contribution in [0.15, 0.2) is 0 Å². The summed E-state index contributed by atoms with van der Waals surface area (Å²) in [5.74, 6) is 0. The monoisotopic (exact) mass is 332 g/mol. The van der Waals surface area contributed by atoms with Crippen molar-refractivity contribution >= 4 is 0 Å². The van der Waals surface area contributed by atoms with Gasteiger partial charge in [-0.1, -0.05) is 0 Å².